The van der Waals surface area contributed by atoms with E-state index in [0.29, 0.717) is 52.0 Å². The fraction of sp³-hybridized carbons (Fsp3) is 0.440. The molecular formula is C25H33N3O5. The number of hydrogen-bond acceptors (Lipinski definition) is 5. The quantitative estimate of drug-likeness (QED) is 0.629. The summed E-state index contributed by atoms with van der Waals surface area (Å²) >= 11 is 0. The molecule has 33 heavy (non-hydrogen) atoms. The van der Waals surface area contributed by atoms with Gasteiger partial charge < -0.3 is 29.3 Å². The molecule has 0 aromatic heterocycles. The van der Waals surface area contributed by atoms with E-state index in [1.807, 2.05) is 47.4 Å². The Balaban J connectivity index is 1.38. The highest BCUT2D eigenvalue weighted by atomic mass is 16.5. The number of rotatable bonds is 9. The van der Waals surface area contributed by atoms with Gasteiger partial charge in [-0.05, 0) is 42.2 Å². The second-order valence-electron chi connectivity index (χ2n) is 7.88. The van der Waals surface area contributed by atoms with Crippen LogP contribution in [0.4, 0.5) is 4.79 Å². The van der Waals surface area contributed by atoms with Gasteiger partial charge in [-0.2, -0.15) is 0 Å². The minimum absolute atomic E-state index is 0.104. The average Bonchev–Trinajstić information content (AvgIpc) is 2.87. The third-order valence-electron chi connectivity index (χ3n) is 5.87. The van der Waals surface area contributed by atoms with Crippen molar-refractivity contribution >= 4 is 11.9 Å². The number of carbonyl (C=O) groups excluding carboxylic acids is 2. The van der Waals surface area contributed by atoms with Crippen molar-refractivity contribution in [2.45, 2.75) is 19.3 Å². The number of piperazine rings is 1. The van der Waals surface area contributed by atoms with Gasteiger partial charge in [-0.15, -0.1) is 0 Å². The smallest absolute Gasteiger partial charge is 0.317 e. The Kier molecular flexibility index (Phi) is 8.80. The Bertz CT molecular complexity index is 924. The predicted molar refractivity (Wildman–Crippen MR) is 126 cm³/mol. The lowest BCUT2D eigenvalue weighted by atomic mass is 10.1. The Morgan fingerprint density at radius 3 is 2.09 bits per heavy atom. The van der Waals surface area contributed by atoms with Gasteiger partial charge in [-0.25, -0.2) is 4.79 Å². The second kappa shape index (κ2) is 12.0. The van der Waals surface area contributed by atoms with Crippen LogP contribution in [-0.2, 0) is 17.6 Å². The van der Waals surface area contributed by atoms with Crippen LogP contribution >= 0.6 is 0 Å². The number of nitrogens with zero attached hydrogens (tertiary/aromatic N) is 2. The molecule has 0 spiro atoms. The van der Waals surface area contributed by atoms with Crippen molar-refractivity contribution in [2.75, 3.05) is 54.1 Å². The van der Waals surface area contributed by atoms with Gasteiger partial charge in [-0.1, -0.05) is 18.2 Å². The number of carbonyl (C=O) groups is 2. The summed E-state index contributed by atoms with van der Waals surface area (Å²) in [6.45, 7) is 2.68. The zero-order chi connectivity index (χ0) is 23.6. The van der Waals surface area contributed by atoms with E-state index < -0.39 is 0 Å². The molecule has 2 aromatic rings. The van der Waals surface area contributed by atoms with Crippen LogP contribution in [-0.4, -0.2) is 75.8 Å². The van der Waals surface area contributed by atoms with Crippen LogP contribution in [0, 0.1) is 0 Å². The van der Waals surface area contributed by atoms with Crippen LogP contribution in [0.1, 0.15) is 17.5 Å². The van der Waals surface area contributed by atoms with Crippen molar-refractivity contribution in [2.24, 2.45) is 0 Å². The summed E-state index contributed by atoms with van der Waals surface area (Å²) in [4.78, 5) is 28.7. The summed E-state index contributed by atoms with van der Waals surface area (Å²) in [5.74, 6) is 2.40. The normalized spacial score (nSPS) is 13.4. The molecule has 0 saturated carbocycles. The van der Waals surface area contributed by atoms with Crippen molar-refractivity contribution in [1.82, 2.24) is 15.1 Å². The SMILES string of the molecule is COc1ccc(CCC(=O)N2CCN(C(=O)NCCc3ccc(OC)cc3OC)CC2)cc1. The Morgan fingerprint density at radius 2 is 1.45 bits per heavy atom. The lowest BCUT2D eigenvalue weighted by Crippen LogP contribution is -2.53. The van der Waals surface area contributed by atoms with Crippen molar-refractivity contribution in [3.8, 4) is 17.2 Å². The summed E-state index contributed by atoms with van der Waals surface area (Å²) in [5.41, 5.74) is 2.11. The number of ether oxygens (including phenoxy) is 3. The van der Waals surface area contributed by atoms with E-state index in [9.17, 15) is 9.59 Å². The molecule has 0 unspecified atom stereocenters. The highest BCUT2D eigenvalue weighted by Crippen LogP contribution is 2.24. The van der Waals surface area contributed by atoms with Gasteiger partial charge in [0, 0.05) is 45.2 Å². The first-order valence-corrected chi connectivity index (χ1v) is 11.2. The molecule has 8 heteroatoms. The summed E-state index contributed by atoms with van der Waals surface area (Å²) in [6, 6.07) is 13.3. The van der Waals surface area contributed by atoms with Crippen LogP contribution in [0.3, 0.4) is 0 Å². The fourth-order valence-corrected chi connectivity index (χ4v) is 3.83. The number of hydrogen-bond donors (Lipinski definition) is 1. The van der Waals surface area contributed by atoms with Crippen LogP contribution in [0.25, 0.3) is 0 Å². The molecule has 3 rings (SSSR count). The van der Waals surface area contributed by atoms with Crippen molar-refractivity contribution in [3.05, 3.63) is 53.6 Å². The number of methoxy groups -OCH3 is 3. The molecule has 1 fully saturated rings. The molecule has 1 aliphatic rings. The lowest BCUT2D eigenvalue weighted by molar-refractivity contribution is -0.132. The van der Waals surface area contributed by atoms with E-state index in [1.54, 1.807) is 26.2 Å². The number of aryl methyl sites for hydroxylation is 1. The van der Waals surface area contributed by atoms with E-state index in [0.717, 1.165) is 28.4 Å². The van der Waals surface area contributed by atoms with E-state index >= 15 is 0 Å². The molecule has 0 aliphatic carbocycles. The maximum absolute atomic E-state index is 12.6. The Labute approximate surface area is 195 Å². The maximum atomic E-state index is 12.6. The van der Waals surface area contributed by atoms with Gasteiger partial charge in [0.2, 0.25) is 5.91 Å². The summed E-state index contributed by atoms with van der Waals surface area (Å²) in [7, 11) is 4.87. The van der Waals surface area contributed by atoms with Gasteiger partial charge in [0.25, 0.3) is 0 Å². The highest BCUT2D eigenvalue weighted by Gasteiger charge is 2.23. The molecule has 1 N–H and O–H groups in total. The van der Waals surface area contributed by atoms with Gasteiger partial charge in [0.15, 0.2) is 0 Å². The lowest BCUT2D eigenvalue weighted by Gasteiger charge is -2.34. The first-order valence-electron chi connectivity index (χ1n) is 11.2. The Morgan fingerprint density at radius 1 is 0.818 bits per heavy atom. The second-order valence-corrected chi connectivity index (χ2v) is 7.88. The minimum Gasteiger partial charge on any atom is -0.497 e. The number of amides is 3. The summed E-state index contributed by atoms with van der Waals surface area (Å²) in [5, 5.41) is 2.97. The molecule has 178 valence electrons. The monoisotopic (exact) mass is 455 g/mol. The molecule has 2 aromatic carbocycles. The topological polar surface area (TPSA) is 80.3 Å². The third-order valence-corrected chi connectivity index (χ3v) is 5.87. The molecule has 0 radical (unpaired) electrons. The van der Waals surface area contributed by atoms with E-state index in [4.69, 9.17) is 14.2 Å². The zero-order valence-electron chi connectivity index (χ0n) is 19.6. The standard InChI is InChI=1S/C25H33N3O5/c1-31-21-8-4-19(5-9-21)6-11-24(29)27-14-16-28(17-15-27)25(30)26-13-12-20-7-10-22(32-2)18-23(20)33-3/h4-5,7-10,18H,6,11-17H2,1-3H3,(H,26,30). The summed E-state index contributed by atoms with van der Waals surface area (Å²) < 4.78 is 15.8. The molecule has 0 bridgehead atoms. The van der Waals surface area contributed by atoms with Crippen LogP contribution in [0.15, 0.2) is 42.5 Å². The van der Waals surface area contributed by atoms with Crippen molar-refractivity contribution in [1.29, 1.82) is 0 Å². The fourth-order valence-electron chi connectivity index (χ4n) is 3.83. The molecular weight excluding hydrogens is 422 g/mol. The molecule has 1 heterocycles. The minimum atomic E-state index is -0.104. The van der Waals surface area contributed by atoms with Gasteiger partial charge in [-0.3, -0.25) is 4.79 Å². The van der Waals surface area contributed by atoms with Crippen LogP contribution < -0.4 is 19.5 Å². The zero-order valence-corrected chi connectivity index (χ0v) is 19.6. The summed E-state index contributed by atoms with van der Waals surface area (Å²) in [6.07, 6.45) is 1.81. The molecule has 0 atom stereocenters. The number of benzene rings is 2. The first-order chi connectivity index (χ1) is 16.0. The first kappa shape index (κ1) is 24.2. The molecule has 8 nitrogen and oxygen atoms in total. The maximum Gasteiger partial charge on any atom is 0.317 e. The van der Waals surface area contributed by atoms with Gasteiger partial charge in [0.05, 0.1) is 21.3 Å². The molecule has 1 saturated heterocycles. The van der Waals surface area contributed by atoms with E-state index in [-0.39, 0.29) is 11.9 Å². The van der Waals surface area contributed by atoms with Gasteiger partial charge in [0.1, 0.15) is 17.2 Å². The Hall–Kier alpha value is -3.42. The largest absolute Gasteiger partial charge is 0.497 e. The van der Waals surface area contributed by atoms with E-state index in [2.05, 4.69) is 5.32 Å². The third kappa shape index (κ3) is 6.78. The van der Waals surface area contributed by atoms with Crippen molar-refractivity contribution in [3.63, 3.8) is 0 Å². The molecule has 3 amide bonds. The van der Waals surface area contributed by atoms with Crippen LogP contribution in [0.5, 0.6) is 17.2 Å². The molecule has 1 aliphatic heterocycles. The number of nitrogens with one attached hydrogen (secondary N) is 1. The number of urea groups is 1. The predicted octanol–water partition coefficient (Wildman–Crippen LogP) is 2.74. The van der Waals surface area contributed by atoms with E-state index in [1.165, 1.54) is 0 Å². The van der Waals surface area contributed by atoms with Gasteiger partial charge >= 0.3 is 6.03 Å². The average molecular weight is 456 g/mol. The van der Waals surface area contributed by atoms with Crippen molar-refractivity contribution < 1.29 is 23.8 Å². The highest BCUT2D eigenvalue weighted by molar-refractivity contribution is 5.78. The van der Waals surface area contributed by atoms with Crippen LogP contribution in [0.2, 0.25) is 0 Å².